The van der Waals surface area contributed by atoms with E-state index in [1.165, 1.54) is 0 Å². The topological polar surface area (TPSA) is 73.1 Å². The number of carbonyl (C=O) groups is 1. The molecule has 6 heteroatoms. The minimum Gasteiger partial charge on any atom is -0.337 e. The predicted molar refractivity (Wildman–Crippen MR) is 85.9 cm³/mol. The first-order chi connectivity index (χ1) is 11.3. The highest BCUT2D eigenvalue weighted by atomic mass is 16.2. The molecule has 0 saturated carbocycles. The molecular formula is C17H17N5O. The lowest BCUT2D eigenvalue weighted by Crippen LogP contribution is -2.49. The Balaban J connectivity index is 1.61. The Bertz CT molecular complexity index is 700. The number of hydrogen-bond acceptors (Lipinski definition) is 5. The number of rotatable bonds is 3. The predicted octanol–water partition coefficient (Wildman–Crippen LogP) is 1.51. The van der Waals surface area contributed by atoms with Gasteiger partial charge in [-0.15, -0.1) is 0 Å². The van der Waals surface area contributed by atoms with Crippen LogP contribution in [0.1, 0.15) is 15.9 Å². The van der Waals surface area contributed by atoms with Crippen molar-refractivity contribution in [3.63, 3.8) is 0 Å². The number of nitriles is 1. The van der Waals surface area contributed by atoms with Crippen molar-refractivity contribution < 1.29 is 4.79 Å². The first kappa shape index (κ1) is 15.0. The van der Waals surface area contributed by atoms with Gasteiger partial charge in [0.1, 0.15) is 0 Å². The third kappa shape index (κ3) is 3.46. The molecule has 23 heavy (non-hydrogen) atoms. The van der Waals surface area contributed by atoms with Crippen LogP contribution in [-0.2, 0) is 6.42 Å². The van der Waals surface area contributed by atoms with Crippen LogP contribution in [0, 0.1) is 11.3 Å². The molecule has 2 heterocycles. The Kier molecular flexibility index (Phi) is 4.48. The van der Waals surface area contributed by atoms with Crippen LogP contribution in [0.3, 0.4) is 0 Å². The molecule has 1 aromatic carbocycles. The maximum absolute atomic E-state index is 12.5. The van der Waals surface area contributed by atoms with E-state index in [0.717, 1.165) is 18.7 Å². The number of amides is 1. The fourth-order valence-electron chi connectivity index (χ4n) is 2.60. The molecule has 1 fully saturated rings. The molecule has 1 amide bonds. The summed E-state index contributed by atoms with van der Waals surface area (Å²) >= 11 is 0. The molecule has 0 N–H and O–H groups in total. The maximum Gasteiger partial charge on any atom is 0.253 e. The van der Waals surface area contributed by atoms with E-state index in [1.807, 2.05) is 17.0 Å². The van der Waals surface area contributed by atoms with E-state index in [1.54, 1.807) is 30.6 Å². The van der Waals surface area contributed by atoms with Gasteiger partial charge in [-0.2, -0.15) is 5.26 Å². The largest absolute Gasteiger partial charge is 0.337 e. The van der Waals surface area contributed by atoms with Crippen molar-refractivity contribution in [2.45, 2.75) is 6.42 Å². The van der Waals surface area contributed by atoms with E-state index < -0.39 is 0 Å². The van der Waals surface area contributed by atoms with Crippen LogP contribution in [-0.4, -0.2) is 47.0 Å². The van der Waals surface area contributed by atoms with Crippen LogP contribution < -0.4 is 4.90 Å². The minimum absolute atomic E-state index is 0.0298. The van der Waals surface area contributed by atoms with Crippen LogP contribution in [0.15, 0.2) is 42.7 Å². The second kappa shape index (κ2) is 6.88. The van der Waals surface area contributed by atoms with Crippen molar-refractivity contribution >= 4 is 11.9 Å². The summed E-state index contributed by atoms with van der Waals surface area (Å²) in [6.07, 6.45) is 3.82. The quantitative estimate of drug-likeness (QED) is 0.859. The van der Waals surface area contributed by atoms with E-state index >= 15 is 0 Å². The number of anilines is 1. The maximum atomic E-state index is 12.5. The van der Waals surface area contributed by atoms with Crippen molar-refractivity contribution in [1.82, 2.24) is 14.9 Å². The summed E-state index contributed by atoms with van der Waals surface area (Å²) in [5, 5.41) is 8.68. The number of piperazine rings is 1. The van der Waals surface area contributed by atoms with Gasteiger partial charge in [0.2, 0.25) is 5.95 Å². The van der Waals surface area contributed by atoms with E-state index in [0.29, 0.717) is 31.0 Å². The SMILES string of the molecule is N#CCc1ccc(C(=O)N2CCN(c3ncccn3)CC2)cc1. The Morgan fingerprint density at radius 3 is 2.35 bits per heavy atom. The number of carbonyl (C=O) groups excluding carboxylic acids is 1. The Morgan fingerprint density at radius 2 is 1.74 bits per heavy atom. The van der Waals surface area contributed by atoms with Gasteiger partial charge in [-0.25, -0.2) is 9.97 Å². The molecule has 2 aromatic rings. The van der Waals surface area contributed by atoms with Crippen molar-refractivity contribution in [2.24, 2.45) is 0 Å². The average Bonchev–Trinajstić information content (AvgIpc) is 2.63. The van der Waals surface area contributed by atoms with Crippen molar-refractivity contribution in [2.75, 3.05) is 31.1 Å². The highest BCUT2D eigenvalue weighted by Crippen LogP contribution is 2.13. The van der Waals surface area contributed by atoms with Gasteiger partial charge in [0, 0.05) is 44.1 Å². The smallest absolute Gasteiger partial charge is 0.253 e. The summed E-state index contributed by atoms with van der Waals surface area (Å²) < 4.78 is 0. The molecular weight excluding hydrogens is 290 g/mol. The Hall–Kier alpha value is -2.94. The average molecular weight is 307 g/mol. The van der Waals surface area contributed by atoms with Crippen LogP contribution in [0.25, 0.3) is 0 Å². The molecule has 1 aromatic heterocycles. The monoisotopic (exact) mass is 307 g/mol. The molecule has 6 nitrogen and oxygen atoms in total. The normalized spacial score (nSPS) is 14.4. The summed E-state index contributed by atoms with van der Waals surface area (Å²) in [6.45, 7) is 2.75. The standard InChI is InChI=1S/C17H17N5O/c18-7-6-14-2-4-15(5-3-14)16(23)21-10-12-22(13-11-21)17-19-8-1-9-20-17/h1-5,8-9H,6,10-13H2. The Morgan fingerprint density at radius 1 is 1.09 bits per heavy atom. The summed E-state index contributed by atoms with van der Waals surface area (Å²) in [7, 11) is 0. The van der Waals surface area contributed by atoms with Crippen LogP contribution in [0.4, 0.5) is 5.95 Å². The molecule has 1 aliphatic rings. The molecule has 0 aliphatic carbocycles. The third-order valence-electron chi connectivity index (χ3n) is 3.89. The molecule has 1 aliphatic heterocycles. The lowest BCUT2D eigenvalue weighted by atomic mass is 10.1. The van der Waals surface area contributed by atoms with E-state index in [9.17, 15) is 4.79 Å². The summed E-state index contributed by atoms with van der Waals surface area (Å²) in [5.41, 5.74) is 1.59. The molecule has 1 saturated heterocycles. The van der Waals surface area contributed by atoms with Crippen molar-refractivity contribution in [3.05, 3.63) is 53.9 Å². The van der Waals surface area contributed by atoms with Gasteiger partial charge < -0.3 is 9.80 Å². The van der Waals surface area contributed by atoms with Crippen molar-refractivity contribution in [1.29, 1.82) is 5.26 Å². The van der Waals surface area contributed by atoms with Gasteiger partial charge in [0.25, 0.3) is 5.91 Å². The third-order valence-corrected chi connectivity index (χ3v) is 3.89. The van der Waals surface area contributed by atoms with Gasteiger partial charge in [0.05, 0.1) is 12.5 Å². The van der Waals surface area contributed by atoms with Gasteiger partial charge >= 0.3 is 0 Å². The first-order valence-corrected chi connectivity index (χ1v) is 7.55. The second-order valence-electron chi connectivity index (χ2n) is 5.36. The molecule has 3 rings (SSSR count). The fourth-order valence-corrected chi connectivity index (χ4v) is 2.60. The van der Waals surface area contributed by atoms with E-state index in [4.69, 9.17) is 5.26 Å². The highest BCUT2D eigenvalue weighted by Gasteiger charge is 2.23. The lowest BCUT2D eigenvalue weighted by Gasteiger charge is -2.34. The van der Waals surface area contributed by atoms with Crippen molar-refractivity contribution in [3.8, 4) is 6.07 Å². The number of nitrogens with zero attached hydrogens (tertiary/aromatic N) is 5. The molecule has 0 spiro atoms. The fraction of sp³-hybridized carbons (Fsp3) is 0.294. The first-order valence-electron chi connectivity index (χ1n) is 7.55. The number of aromatic nitrogens is 2. The van der Waals surface area contributed by atoms with Crippen LogP contribution in [0.5, 0.6) is 0 Å². The molecule has 0 bridgehead atoms. The summed E-state index contributed by atoms with van der Waals surface area (Å²) in [4.78, 5) is 24.9. The molecule has 0 unspecified atom stereocenters. The summed E-state index contributed by atoms with van der Waals surface area (Å²) in [5.74, 6) is 0.739. The zero-order chi connectivity index (χ0) is 16.1. The molecule has 0 atom stereocenters. The van der Waals surface area contributed by atoms with Gasteiger partial charge in [-0.05, 0) is 23.8 Å². The molecule has 0 radical (unpaired) electrons. The number of benzene rings is 1. The van der Waals surface area contributed by atoms with Crippen LogP contribution in [0.2, 0.25) is 0 Å². The van der Waals surface area contributed by atoms with Gasteiger partial charge in [-0.1, -0.05) is 12.1 Å². The second-order valence-corrected chi connectivity index (χ2v) is 5.36. The van der Waals surface area contributed by atoms with Gasteiger partial charge in [-0.3, -0.25) is 4.79 Å². The Labute approximate surface area is 135 Å². The zero-order valence-electron chi connectivity index (χ0n) is 12.7. The molecule has 116 valence electrons. The van der Waals surface area contributed by atoms with E-state index in [2.05, 4.69) is 20.9 Å². The lowest BCUT2D eigenvalue weighted by molar-refractivity contribution is 0.0746. The zero-order valence-corrected chi connectivity index (χ0v) is 12.7. The van der Waals surface area contributed by atoms with Crippen LogP contribution >= 0.6 is 0 Å². The van der Waals surface area contributed by atoms with Gasteiger partial charge in [0.15, 0.2) is 0 Å². The minimum atomic E-state index is 0.0298. The van der Waals surface area contributed by atoms with E-state index in [-0.39, 0.29) is 5.91 Å². The number of hydrogen-bond donors (Lipinski definition) is 0. The highest BCUT2D eigenvalue weighted by molar-refractivity contribution is 5.94. The summed E-state index contributed by atoms with van der Waals surface area (Å²) in [6, 6.07) is 11.2.